The molecule has 1 rings (SSSR count). The van der Waals surface area contributed by atoms with Gasteiger partial charge in [0.15, 0.2) is 0 Å². The summed E-state index contributed by atoms with van der Waals surface area (Å²) in [5, 5.41) is 2.86. The Balaban J connectivity index is 2.38. The lowest BCUT2D eigenvalue weighted by Gasteiger charge is -2.08. The van der Waals surface area contributed by atoms with Crippen molar-refractivity contribution in [1.29, 1.82) is 0 Å². The predicted molar refractivity (Wildman–Crippen MR) is 61.3 cm³/mol. The maximum absolute atomic E-state index is 11.4. The Morgan fingerprint density at radius 3 is 2.64 bits per heavy atom. The van der Waals surface area contributed by atoms with E-state index >= 15 is 0 Å². The predicted octanol–water partition coefficient (Wildman–Crippen LogP) is 2.48. The quantitative estimate of drug-likeness (QED) is 0.824. The van der Waals surface area contributed by atoms with E-state index in [1.165, 1.54) is 0 Å². The Labute approximate surface area is 92.8 Å². The Bertz CT molecular complexity index is 287. The van der Waals surface area contributed by atoms with E-state index in [0.717, 1.165) is 12.0 Å². The van der Waals surface area contributed by atoms with Gasteiger partial charge in [0.05, 0.1) is 4.83 Å². The molecule has 14 heavy (non-hydrogen) atoms. The topological polar surface area (TPSA) is 29.1 Å². The van der Waals surface area contributed by atoms with Crippen LogP contribution in [0.2, 0.25) is 0 Å². The van der Waals surface area contributed by atoms with E-state index in [4.69, 9.17) is 0 Å². The van der Waals surface area contributed by atoms with Gasteiger partial charge in [-0.3, -0.25) is 4.79 Å². The lowest BCUT2D eigenvalue weighted by atomic mass is 10.2. The molecular formula is C11H14BrNO. The molecule has 0 saturated carbocycles. The van der Waals surface area contributed by atoms with Crippen molar-refractivity contribution < 1.29 is 4.79 Å². The van der Waals surface area contributed by atoms with Gasteiger partial charge in [0.2, 0.25) is 5.91 Å². The number of benzene rings is 1. The molecule has 0 aromatic heterocycles. The maximum atomic E-state index is 11.4. The summed E-state index contributed by atoms with van der Waals surface area (Å²) >= 11 is 3.30. The van der Waals surface area contributed by atoms with Crippen molar-refractivity contribution >= 4 is 21.8 Å². The lowest BCUT2D eigenvalue weighted by Crippen LogP contribution is -2.30. The standard InChI is InChI=1S/C11H14BrNO/c1-2-10(12)11(14)13-8-9-6-4-3-5-7-9/h3-7,10H,2,8H2,1H3,(H,13,14). The van der Waals surface area contributed by atoms with E-state index in [1.54, 1.807) is 0 Å². The van der Waals surface area contributed by atoms with Gasteiger partial charge in [-0.25, -0.2) is 0 Å². The van der Waals surface area contributed by atoms with E-state index in [2.05, 4.69) is 21.2 Å². The third kappa shape index (κ3) is 3.50. The average molecular weight is 256 g/mol. The highest BCUT2D eigenvalue weighted by atomic mass is 79.9. The maximum Gasteiger partial charge on any atom is 0.234 e. The largest absolute Gasteiger partial charge is 0.351 e. The molecule has 0 radical (unpaired) electrons. The molecule has 1 unspecified atom stereocenters. The van der Waals surface area contributed by atoms with Crippen LogP contribution in [0.4, 0.5) is 0 Å². The summed E-state index contributed by atoms with van der Waals surface area (Å²) in [5.74, 6) is 0.0522. The van der Waals surface area contributed by atoms with Crippen molar-refractivity contribution in [2.45, 2.75) is 24.7 Å². The minimum Gasteiger partial charge on any atom is -0.351 e. The Kier molecular flexibility index (Phi) is 4.66. The van der Waals surface area contributed by atoms with E-state index in [1.807, 2.05) is 37.3 Å². The zero-order valence-corrected chi connectivity index (χ0v) is 9.75. The minimum absolute atomic E-state index is 0.0522. The Morgan fingerprint density at radius 1 is 1.43 bits per heavy atom. The third-order valence-corrected chi connectivity index (χ3v) is 3.02. The van der Waals surface area contributed by atoms with Crippen LogP contribution in [0.25, 0.3) is 0 Å². The second-order valence-corrected chi connectivity index (χ2v) is 4.18. The summed E-state index contributed by atoms with van der Waals surface area (Å²) in [5.41, 5.74) is 1.12. The molecule has 0 bridgehead atoms. The van der Waals surface area contributed by atoms with Gasteiger partial charge in [-0.1, -0.05) is 53.2 Å². The van der Waals surface area contributed by atoms with Crippen LogP contribution in [0.15, 0.2) is 30.3 Å². The molecule has 1 amide bonds. The SMILES string of the molecule is CCC(Br)C(=O)NCc1ccccc1. The van der Waals surface area contributed by atoms with Gasteiger partial charge in [-0.05, 0) is 12.0 Å². The van der Waals surface area contributed by atoms with Crippen molar-refractivity contribution in [1.82, 2.24) is 5.32 Å². The molecule has 1 aromatic carbocycles. The first-order valence-corrected chi connectivity index (χ1v) is 5.61. The number of hydrogen-bond donors (Lipinski definition) is 1. The molecule has 1 aromatic rings. The van der Waals surface area contributed by atoms with Gasteiger partial charge in [-0.15, -0.1) is 0 Å². The number of carbonyl (C=O) groups is 1. The van der Waals surface area contributed by atoms with Crippen LogP contribution < -0.4 is 5.32 Å². The van der Waals surface area contributed by atoms with E-state index in [9.17, 15) is 4.79 Å². The zero-order chi connectivity index (χ0) is 10.4. The lowest BCUT2D eigenvalue weighted by molar-refractivity contribution is -0.120. The average Bonchev–Trinajstić information content (AvgIpc) is 2.26. The summed E-state index contributed by atoms with van der Waals surface area (Å²) in [6.07, 6.45) is 0.806. The smallest absolute Gasteiger partial charge is 0.234 e. The molecule has 0 spiro atoms. The highest BCUT2D eigenvalue weighted by Gasteiger charge is 2.10. The number of carbonyl (C=O) groups excluding carboxylic acids is 1. The molecule has 0 aliphatic rings. The van der Waals surface area contributed by atoms with Crippen molar-refractivity contribution in [3.8, 4) is 0 Å². The normalized spacial score (nSPS) is 12.1. The summed E-state index contributed by atoms with van der Waals surface area (Å²) in [6.45, 7) is 2.57. The number of hydrogen-bond acceptors (Lipinski definition) is 1. The second kappa shape index (κ2) is 5.81. The number of halogens is 1. The number of alkyl halides is 1. The Morgan fingerprint density at radius 2 is 2.07 bits per heavy atom. The molecule has 0 saturated heterocycles. The Hall–Kier alpha value is -0.830. The molecule has 0 aliphatic carbocycles. The van der Waals surface area contributed by atoms with Gasteiger partial charge in [0.25, 0.3) is 0 Å². The highest BCUT2D eigenvalue weighted by Crippen LogP contribution is 2.04. The van der Waals surface area contributed by atoms with Crippen LogP contribution in [-0.4, -0.2) is 10.7 Å². The van der Waals surface area contributed by atoms with E-state index < -0.39 is 0 Å². The first kappa shape index (κ1) is 11.2. The molecular weight excluding hydrogens is 242 g/mol. The molecule has 0 aliphatic heterocycles. The molecule has 3 heteroatoms. The van der Waals surface area contributed by atoms with Crippen LogP contribution in [0, 0.1) is 0 Å². The van der Waals surface area contributed by atoms with E-state index in [-0.39, 0.29) is 10.7 Å². The number of rotatable bonds is 4. The fourth-order valence-corrected chi connectivity index (χ4v) is 1.24. The van der Waals surface area contributed by atoms with Crippen LogP contribution in [-0.2, 0) is 11.3 Å². The van der Waals surface area contributed by atoms with Gasteiger partial charge in [0.1, 0.15) is 0 Å². The van der Waals surface area contributed by atoms with Crippen molar-refractivity contribution in [2.24, 2.45) is 0 Å². The fraction of sp³-hybridized carbons (Fsp3) is 0.364. The second-order valence-electron chi connectivity index (χ2n) is 3.08. The minimum atomic E-state index is -0.0776. The van der Waals surface area contributed by atoms with Gasteiger partial charge < -0.3 is 5.32 Å². The monoisotopic (exact) mass is 255 g/mol. The number of amides is 1. The zero-order valence-electron chi connectivity index (χ0n) is 8.16. The third-order valence-electron chi connectivity index (χ3n) is 1.95. The van der Waals surface area contributed by atoms with Gasteiger partial charge in [-0.2, -0.15) is 0 Å². The van der Waals surface area contributed by atoms with Crippen LogP contribution >= 0.6 is 15.9 Å². The van der Waals surface area contributed by atoms with Gasteiger partial charge >= 0.3 is 0 Å². The highest BCUT2D eigenvalue weighted by molar-refractivity contribution is 9.10. The molecule has 1 atom stereocenters. The van der Waals surface area contributed by atoms with Crippen LogP contribution in [0.1, 0.15) is 18.9 Å². The molecule has 2 nitrogen and oxygen atoms in total. The van der Waals surface area contributed by atoms with Crippen molar-refractivity contribution in [3.63, 3.8) is 0 Å². The summed E-state index contributed by atoms with van der Waals surface area (Å²) in [6, 6.07) is 9.88. The molecule has 0 fully saturated rings. The summed E-state index contributed by atoms with van der Waals surface area (Å²) in [4.78, 5) is 11.3. The summed E-state index contributed by atoms with van der Waals surface area (Å²) < 4.78 is 0. The van der Waals surface area contributed by atoms with Crippen molar-refractivity contribution in [2.75, 3.05) is 0 Å². The molecule has 76 valence electrons. The fourth-order valence-electron chi connectivity index (χ4n) is 1.08. The van der Waals surface area contributed by atoms with Crippen LogP contribution in [0.5, 0.6) is 0 Å². The molecule has 0 heterocycles. The number of nitrogens with one attached hydrogen (secondary N) is 1. The first-order chi connectivity index (χ1) is 6.74. The summed E-state index contributed by atoms with van der Waals surface area (Å²) in [7, 11) is 0. The van der Waals surface area contributed by atoms with Crippen LogP contribution in [0.3, 0.4) is 0 Å². The van der Waals surface area contributed by atoms with Crippen molar-refractivity contribution in [3.05, 3.63) is 35.9 Å². The van der Waals surface area contributed by atoms with Gasteiger partial charge in [0, 0.05) is 6.54 Å². The first-order valence-electron chi connectivity index (χ1n) is 4.69. The molecule has 1 N–H and O–H groups in total. The van der Waals surface area contributed by atoms with E-state index in [0.29, 0.717) is 6.54 Å².